The molecule has 22 heavy (non-hydrogen) atoms. The van der Waals surface area contributed by atoms with Gasteiger partial charge in [-0.15, -0.1) is 0 Å². The van der Waals surface area contributed by atoms with Gasteiger partial charge >= 0.3 is 6.03 Å². The molecule has 3 N–H and O–H groups in total. The third-order valence-electron chi connectivity index (χ3n) is 4.23. The summed E-state index contributed by atoms with van der Waals surface area (Å²) in [6.07, 6.45) is 4.66. The predicted molar refractivity (Wildman–Crippen MR) is 87.1 cm³/mol. The second-order valence-corrected chi connectivity index (χ2v) is 5.85. The van der Waals surface area contributed by atoms with Gasteiger partial charge in [-0.2, -0.15) is 0 Å². The molecular formula is C17H23N3O2. The van der Waals surface area contributed by atoms with Crippen molar-refractivity contribution in [2.24, 2.45) is 0 Å². The Hall–Kier alpha value is -2.01. The summed E-state index contributed by atoms with van der Waals surface area (Å²) < 4.78 is 5.29. The van der Waals surface area contributed by atoms with Crippen LogP contribution < -0.4 is 10.6 Å². The van der Waals surface area contributed by atoms with Crippen LogP contribution in [0.15, 0.2) is 24.4 Å². The zero-order chi connectivity index (χ0) is 15.4. The minimum absolute atomic E-state index is 0.0801. The quantitative estimate of drug-likeness (QED) is 0.812. The Morgan fingerprint density at radius 2 is 2.18 bits per heavy atom. The highest BCUT2D eigenvalue weighted by Crippen LogP contribution is 2.22. The Bertz CT molecular complexity index is 644. The van der Waals surface area contributed by atoms with Crippen LogP contribution in [-0.2, 0) is 11.2 Å². The molecule has 1 aromatic carbocycles. The summed E-state index contributed by atoms with van der Waals surface area (Å²) in [5.74, 6) is 0. The van der Waals surface area contributed by atoms with E-state index in [1.807, 2.05) is 6.20 Å². The van der Waals surface area contributed by atoms with Crippen molar-refractivity contribution in [1.82, 2.24) is 15.6 Å². The molecule has 1 saturated heterocycles. The first kappa shape index (κ1) is 14.9. The minimum atomic E-state index is -0.0801. The van der Waals surface area contributed by atoms with Crippen LogP contribution in [0.5, 0.6) is 0 Å². The van der Waals surface area contributed by atoms with Crippen LogP contribution in [0.3, 0.4) is 0 Å². The summed E-state index contributed by atoms with van der Waals surface area (Å²) >= 11 is 0. The molecule has 0 radical (unpaired) electrons. The maximum Gasteiger partial charge on any atom is 0.315 e. The van der Waals surface area contributed by atoms with Crippen LogP contribution in [0.2, 0.25) is 0 Å². The Morgan fingerprint density at radius 1 is 1.36 bits per heavy atom. The lowest BCUT2D eigenvalue weighted by Gasteiger charge is -2.23. The standard InChI is InChI=1S/C17H23N3O2/c1-12-3-2-4-15-16(12)13(11-19-15)5-8-18-17(21)20-14-6-9-22-10-7-14/h2-4,11,14,19H,5-10H2,1H3,(H2,18,20,21). The number of benzene rings is 1. The fraction of sp³-hybridized carbons (Fsp3) is 0.471. The van der Waals surface area contributed by atoms with Gasteiger partial charge in [-0.3, -0.25) is 0 Å². The summed E-state index contributed by atoms with van der Waals surface area (Å²) in [4.78, 5) is 15.2. The van der Waals surface area contributed by atoms with Crippen LogP contribution in [0.25, 0.3) is 10.9 Å². The van der Waals surface area contributed by atoms with Gasteiger partial charge in [-0.1, -0.05) is 12.1 Å². The van der Waals surface area contributed by atoms with E-state index in [4.69, 9.17) is 4.74 Å². The lowest BCUT2D eigenvalue weighted by atomic mass is 10.1. The summed E-state index contributed by atoms with van der Waals surface area (Å²) in [5.41, 5.74) is 3.67. The first-order valence-corrected chi connectivity index (χ1v) is 7.92. The largest absolute Gasteiger partial charge is 0.381 e. The second-order valence-electron chi connectivity index (χ2n) is 5.85. The SMILES string of the molecule is Cc1cccc2[nH]cc(CCNC(=O)NC3CCOCC3)c12. The van der Waals surface area contributed by atoms with Gasteiger partial charge in [0.1, 0.15) is 0 Å². The molecule has 2 heterocycles. The van der Waals surface area contributed by atoms with E-state index in [-0.39, 0.29) is 12.1 Å². The lowest BCUT2D eigenvalue weighted by Crippen LogP contribution is -2.44. The predicted octanol–water partition coefficient (Wildman–Crippen LogP) is 2.50. The Morgan fingerprint density at radius 3 is 3.00 bits per heavy atom. The number of rotatable bonds is 4. The fourth-order valence-corrected chi connectivity index (χ4v) is 3.04. The number of carbonyl (C=O) groups is 1. The van der Waals surface area contributed by atoms with Gasteiger partial charge in [0.05, 0.1) is 0 Å². The molecule has 2 amide bonds. The molecule has 0 bridgehead atoms. The third kappa shape index (κ3) is 3.42. The number of amides is 2. The summed E-state index contributed by atoms with van der Waals surface area (Å²) in [6, 6.07) is 6.41. The number of nitrogens with one attached hydrogen (secondary N) is 3. The highest BCUT2D eigenvalue weighted by atomic mass is 16.5. The van der Waals surface area contributed by atoms with E-state index in [2.05, 4.69) is 40.7 Å². The molecule has 5 heteroatoms. The van der Waals surface area contributed by atoms with Crippen molar-refractivity contribution < 1.29 is 9.53 Å². The maximum atomic E-state index is 11.9. The molecule has 1 fully saturated rings. The average Bonchev–Trinajstić information content (AvgIpc) is 2.93. The normalized spacial score (nSPS) is 15.9. The van der Waals surface area contributed by atoms with Crippen LogP contribution in [0, 0.1) is 6.92 Å². The third-order valence-corrected chi connectivity index (χ3v) is 4.23. The molecule has 2 aromatic rings. The highest BCUT2D eigenvalue weighted by molar-refractivity contribution is 5.86. The molecule has 5 nitrogen and oxygen atoms in total. The molecule has 1 aliphatic heterocycles. The van der Waals surface area contributed by atoms with Crippen LogP contribution in [0.4, 0.5) is 4.79 Å². The molecule has 0 atom stereocenters. The van der Waals surface area contributed by atoms with E-state index < -0.39 is 0 Å². The number of H-pyrrole nitrogens is 1. The molecule has 0 spiro atoms. The topological polar surface area (TPSA) is 66.2 Å². The van der Waals surface area contributed by atoms with Crippen molar-refractivity contribution in [3.63, 3.8) is 0 Å². The number of carbonyl (C=O) groups excluding carboxylic acids is 1. The number of aromatic amines is 1. The number of fused-ring (bicyclic) bond motifs is 1. The molecular weight excluding hydrogens is 278 g/mol. The van der Waals surface area contributed by atoms with Gasteiger partial charge in [-0.25, -0.2) is 4.79 Å². The van der Waals surface area contributed by atoms with Crippen molar-refractivity contribution in [1.29, 1.82) is 0 Å². The van der Waals surface area contributed by atoms with Crippen molar-refractivity contribution >= 4 is 16.9 Å². The molecule has 1 aromatic heterocycles. The number of aryl methyl sites for hydroxylation is 1. The van der Waals surface area contributed by atoms with E-state index in [9.17, 15) is 4.79 Å². The molecule has 1 aliphatic rings. The molecule has 0 aliphatic carbocycles. The van der Waals surface area contributed by atoms with E-state index in [0.717, 1.165) is 38.0 Å². The summed E-state index contributed by atoms with van der Waals surface area (Å²) in [7, 11) is 0. The van der Waals surface area contributed by atoms with E-state index in [1.165, 1.54) is 16.5 Å². The number of aromatic nitrogens is 1. The van der Waals surface area contributed by atoms with Crippen molar-refractivity contribution in [3.05, 3.63) is 35.5 Å². The molecule has 3 rings (SSSR count). The van der Waals surface area contributed by atoms with Crippen LogP contribution in [-0.4, -0.2) is 36.8 Å². The van der Waals surface area contributed by atoms with Gasteiger partial charge < -0.3 is 20.4 Å². The van der Waals surface area contributed by atoms with Crippen molar-refractivity contribution in [3.8, 4) is 0 Å². The van der Waals surface area contributed by atoms with E-state index in [0.29, 0.717) is 6.54 Å². The fourth-order valence-electron chi connectivity index (χ4n) is 3.04. The van der Waals surface area contributed by atoms with E-state index >= 15 is 0 Å². The monoisotopic (exact) mass is 301 g/mol. The van der Waals surface area contributed by atoms with E-state index in [1.54, 1.807) is 0 Å². The smallest absolute Gasteiger partial charge is 0.315 e. The Balaban J connectivity index is 1.50. The van der Waals surface area contributed by atoms with Gasteiger partial charge in [-0.05, 0) is 43.4 Å². The van der Waals surface area contributed by atoms with Crippen LogP contribution >= 0.6 is 0 Å². The number of hydrogen-bond acceptors (Lipinski definition) is 2. The number of ether oxygens (including phenoxy) is 1. The first-order valence-electron chi connectivity index (χ1n) is 7.92. The van der Waals surface area contributed by atoms with Crippen molar-refractivity contribution in [2.75, 3.05) is 19.8 Å². The number of urea groups is 1. The molecule has 0 unspecified atom stereocenters. The van der Waals surface area contributed by atoms with Gasteiger partial charge in [0.2, 0.25) is 0 Å². The molecule has 118 valence electrons. The minimum Gasteiger partial charge on any atom is -0.381 e. The van der Waals surface area contributed by atoms with Crippen molar-refractivity contribution in [2.45, 2.75) is 32.2 Å². The first-order chi connectivity index (χ1) is 10.7. The average molecular weight is 301 g/mol. The van der Waals surface area contributed by atoms with Gasteiger partial charge in [0.15, 0.2) is 0 Å². The second kappa shape index (κ2) is 6.83. The zero-order valence-corrected chi connectivity index (χ0v) is 12.9. The molecule has 0 saturated carbocycles. The maximum absolute atomic E-state index is 11.9. The Kier molecular flexibility index (Phi) is 4.63. The lowest BCUT2D eigenvalue weighted by molar-refractivity contribution is 0.0801. The van der Waals surface area contributed by atoms with Crippen LogP contribution in [0.1, 0.15) is 24.0 Å². The summed E-state index contributed by atoms with van der Waals surface area (Å²) in [6.45, 7) is 4.22. The van der Waals surface area contributed by atoms with Gasteiger partial charge in [0, 0.05) is 42.9 Å². The van der Waals surface area contributed by atoms with Gasteiger partial charge in [0.25, 0.3) is 0 Å². The zero-order valence-electron chi connectivity index (χ0n) is 12.9. The highest BCUT2D eigenvalue weighted by Gasteiger charge is 2.15. The number of hydrogen-bond donors (Lipinski definition) is 3. The summed E-state index contributed by atoms with van der Waals surface area (Å²) in [5, 5.41) is 7.23. The Labute approximate surface area is 130 Å².